The van der Waals surface area contributed by atoms with Crippen LogP contribution in [0.1, 0.15) is 22.8 Å². The van der Waals surface area contributed by atoms with Crippen LogP contribution >= 0.6 is 0 Å². The fourth-order valence-electron chi connectivity index (χ4n) is 1.92. The quantitative estimate of drug-likeness (QED) is 0.502. The first-order chi connectivity index (χ1) is 9.56. The number of nitrogens with one attached hydrogen (secondary N) is 1. The number of benzene rings is 2. The number of carbonyl (C=O) groups excluding carboxylic acids is 1. The Hall–Kier alpha value is -2.55. The van der Waals surface area contributed by atoms with Crippen LogP contribution < -0.4 is 5.32 Å². The second-order valence-corrected chi connectivity index (χ2v) is 4.68. The van der Waals surface area contributed by atoms with Gasteiger partial charge < -0.3 is 10.4 Å². The van der Waals surface area contributed by atoms with Crippen molar-refractivity contribution in [1.82, 2.24) is 0 Å². The Labute approximate surface area is 118 Å². The molecule has 0 amide bonds. The molecule has 0 atom stereocenters. The van der Waals surface area contributed by atoms with Gasteiger partial charge in [0.05, 0.1) is 0 Å². The van der Waals surface area contributed by atoms with Crippen LogP contribution in [0.2, 0.25) is 0 Å². The zero-order valence-corrected chi connectivity index (χ0v) is 11.6. The van der Waals surface area contributed by atoms with Crippen LogP contribution in [0.4, 0.5) is 5.69 Å². The summed E-state index contributed by atoms with van der Waals surface area (Å²) in [5, 5.41) is 12.5. The molecule has 0 saturated carbocycles. The Morgan fingerprint density at radius 3 is 2.50 bits per heavy atom. The van der Waals surface area contributed by atoms with Gasteiger partial charge in [0, 0.05) is 23.0 Å². The summed E-state index contributed by atoms with van der Waals surface area (Å²) in [6.07, 6.45) is 1.57. The number of hydrogen-bond donors (Lipinski definition) is 2. The molecule has 20 heavy (non-hydrogen) atoms. The molecule has 0 aliphatic rings. The summed E-state index contributed by atoms with van der Waals surface area (Å²) < 4.78 is 0. The van der Waals surface area contributed by atoms with E-state index >= 15 is 0 Å². The molecule has 0 aliphatic heterocycles. The Kier molecular flexibility index (Phi) is 4.20. The lowest BCUT2D eigenvalue weighted by molar-refractivity contribution is 0.104. The van der Waals surface area contributed by atoms with E-state index in [9.17, 15) is 9.90 Å². The summed E-state index contributed by atoms with van der Waals surface area (Å²) in [5.41, 5.74) is 3.21. The second kappa shape index (κ2) is 6.06. The Morgan fingerprint density at radius 2 is 1.85 bits per heavy atom. The lowest BCUT2D eigenvalue weighted by atomic mass is 10.1. The van der Waals surface area contributed by atoms with Gasteiger partial charge in [-0.2, -0.15) is 0 Å². The van der Waals surface area contributed by atoms with Gasteiger partial charge in [0.15, 0.2) is 5.78 Å². The number of phenols is 1. The first-order valence-electron chi connectivity index (χ1n) is 6.40. The number of rotatable bonds is 4. The number of aryl methyl sites for hydroxylation is 1. The van der Waals surface area contributed by atoms with E-state index in [1.165, 1.54) is 0 Å². The van der Waals surface area contributed by atoms with Gasteiger partial charge >= 0.3 is 0 Å². The topological polar surface area (TPSA) is 49.3 Å². The fourth-order valence-corrected chi connectivity index (χ4v) is 1.92. The van der Waals surface area contributed by atoms with E-state index in [0.717, 1.165) is 16.9 Å². The number of hydrogen-bond acceptors (Lipinski definition) is 3. The van der Waals surface area contributed by atoms with Gasteiger partial charge in [0.25, 0.3) is 0 Å². The van der Waals surface area contributed by atoms with Gasteiger partial charge in [0.2, 0.25) is 0 Å². The minimum atomic E-state index is -0.0352. The van der Waals surface area contributed by atoms with Crippen LogP contribution in [0.3, 0.4) is 0 Å². The number of aromatic hydroxyl groups is 1. The van der Waals surface area contributed by atoms with Gasteiger partial charge in [-0.1, -0.05) is 30.3 Å². The summed E-state index contributed by atoms with van der Waals surface area (Å²) in [7, 11) is 0. The fraction of sp³-hybridized carbons (Fsp3) is 0.118. The summed E-state index contributed by atoms with van der Waals surface area (Å²) >= 11 is 0. The molecule has 0 saturated heterocycles. The zero-order valence-electron chi connectivity index (χ0n) is 11.6. The molecule has 0 bridgehead atoms. The maximum Gasteiger partial charge on any atom is 0.187 e. The molecule has 0 aliphatic carbocycles. The minimum Gasteiger partial charge on any atom is -0.508 e. The third-order valence-corrected chi connectivity index (χ3v) is 2.95. The third-order valence-electron chi connectivity index (χ3n) is 2.95. The van der Waals surface area contributed by atoms with Crippen LogP contribution in [0, 0.1) is 6.92 Å². The summed E-state index contributed by atoms with van der Waals surface area (Å²) in [6, 6.07) is 14.2. The van der Waals surface area contributed by atoms with E-state index in [0.29, 0.717) is 5.56 Å². The third kappa shape index (κ3) is 3.48. The molecule has 2 aromatic rings. The predicted octanol–water partition coefficient (Wildman–Crippen LogP) is 3.90. The van der Waals surface area contributed by atoms with E-state index in [-0.39, 0.29) is 11.5 Å². The molecule has 0 radical (unpaired) electrons. The SMILES string of the molecule is CC(=CC(=O)c1ccccc1)Nc1ccc(O)cc1C. The van der Waals surface area contributed by atoms with Crippen molar-refractivity contribution in [2.24, 2.45) is 0 Å². The zero-order chi connectivity index (χ0) is 14.5. The number of phenolic OH excluding ortho intramolecular Hbond substituents is 1. The standard InChI is InChI=1S/C17H17NO2/c1-12-10-15(19)8-9-16(12)18-13(2)11-17(20)14-6-4-3-5-7-14/h3-11,18-19H,1-2H3. The molecule has 0 spiro atoms. The monoisotopic (exact) mass is 267 g/mol. The highest BCUT2D eigenvalue weighted by Crippen LogP contribution is 2.21. The van der Waals surface area contributed by atoms with E-state index in [4.69, 9.17) is 0 Å². The predicted molar refractivity (Wildman–Crippen MR) is 81.0 cm³/mol. The van der Waals surface area contributed by atoms with E-state index in [1.807, 2.05) is 32.0 Å². The lowest BCUT2D eigenvalue weighted by Gasteiger charge is -2.10. The van der Waals surface area contributed by atoms with Crippen LogP contribution in [0.5, 0.6) is 5.75 Å². The van der Waals surface area contributed by atoms with Crippen molar-refractivity contribution in [2.45, 2.75) is 13.8 Å². The van der Waals surface area contributed by atoms with Crippen LogP contribution in [0.25, 0.3) is 0 Å². The smallest absolute Gasteiger partial charge is 0.187 e. The van der Waals surface area contributed by atoms with E-state index in [1.54, 1.807) is 36.4 Å². The average Bonchev–Trinajstić information content (AvgIpc) is 2.43. The molecule has 102 valence electrons. The van der Waals surface area contributed by atoms with Crippen LogP contribution in [0.15, 0.2) is 60.3 Å². The van der Waals surface area contributed by atoms with Crippen molar-refractivity contribution in [2.75, 3.05) is 5.32 Å². The Bertz CT molecular complexity index is 645. The Balaban J connectivity index is 2.13. The molecule has 2 N–H and O–H groups in total. The molecular formula is C17H17NO2. The highest BCUT2D eigenvalue weighted by atomic mass is 16.3. The van der Waals surface area contributed by atoms with Gasteiger partial charge in [0.1, 0.15) is 5.75 Å². The lowest BCUT2D eigenvalue weighted by Crippen LogP contribution is -2.02. The van der Waals surface area contributed by atoms with Gasteiger partial charge in [-0.15, -0.1) is 0 Å². The van der Waals surface area contributed by atoms with Crippen LogP contribution in [-0.2, 0) is 0 Å². The minimum absolute atomic E-state index is 0.0352. The maximum atomic E-state index is 12.0. The highest BCUT2D eigenvalue weighted by Gasteiger charge is 2.04. The highest BCUT2D eigenvalue weighted by molar-refractivity contribution is 6.05. The molecule has 0 unspecified atom stereocenters. The number of anilines is 1. The van der Waals surface area contributed by atoms with Crippen molar-refractivity contribution in [3.05, 3.63) is 71.4 Å². The second-order valence-electron chi connectivity index (χ2n) is 4.68. The van der Waals surface area contributed by atoms with E-state index in [2.05, 4.69) is 5.32 Å². The van der Waals surface area contributed by atoms with Crippen molar-refractivity contribution in [3.8, 4) is 5.75 Å². The van der Waals surface area contributed by atoms with Gasteiger partial charge in [-0.05, 0) is 37.6 Å². The van der Waals surface area contributed by atoms with Crippen molar-refractivity contribution in [1.29, 1.82) is 0 Å². The molecule has 3 nitrogen and oxygen atoms in total. The van der Waals surface area contributed by atoms with Gasteiger partial charge in [-0.25, -0.2) is 0 Å². The number of carbonyl (C=O) groups is 1. The largest absolute Gasteiger partial charge is 0.508 e. The number of allylic oxidation sites excluding steroid dienone is 2. The normalized spacial score (nSPS) is 11.2. The molecule has 3 heteroatoms. The summed E-state index contributed by atoms with van der Waals surface area (Å²) in [5.74, 6) is 0.196. The van der Waals surface area contributed by atoms with Crippen molar-refractivity contribution in [3.63, 3.8) is 0 Å². The summed E-state index contributed by atoms with van der Waals surface area (Å²) in [4.78, 5) is 12.0. The average molecular weight is 267 g/mol. The first kappa shape index (κ1) is 13.9. The van der Waals surface area contributed by atoms with Gasteiger partial charge in [-0.3, -0.25) is 4.79 Å². The molecule has 2 aromatic carbocycles. The molecule has 0 heterocycles. The summed E-state index contributed by atoms with van der Waals surface area (Å²) in [6.45, 7) is 3.74. The number of ketones is 1. The molecular weight excluding hydrogens is 250 g/mol. The van der Waals surface area contributed by atoms with E-state index < -0.39 is 0 Å². The first-order valence-corrected chi connectivity index (χ1v) is 6.40. The molecule has 0 fully saturated rings. The van der Waals surface area contributed by atoms with Crippen LogP contribution in [-0.4, -0.2) is 10.9 Å². The van der Waals surface area contributed by atoms with Crippen molar-refractivity contribution < 1.29 is 9.90 Å². The Morgan fingerprint density at radius 1 is 1.15 bits per heavy atom. The maximum absolute atomic E-state index is 12.0. The van der Waals surface area contributed by atoms with Crippen molar-refractivity contribution >= 4 is 11.5 Å². The molecule has 0 aromatic heterocycles. The molecule has 2 rings (SSSR count).